The molecule has 140 valence electrons. The molecule has 0 bridgehead atoms. The summed E-state index contributed by atoms with van der Waals surface area (Å²) in [6.07, 6.45) is 6.32. The van der Waals surface area contributed by atoms with Gasteiger partial charge in [-0.1, -0.05) is 20.3 Å². The minimum Gasteiger partial charge on any atom is -0.481 e. The molecule has 0 spiro atoms. The Labute approximate surface area is 149 Å². The van der Waals surface area contributed by atoms with Crippen LogP contribution in [-0.4, -0.2) is 33.0 Å². The number of aryl methyl sites for hydroxylation is 1. The summed E-state index contributed by atoms with van der Waals surface area (Å²) in [6.45, 7) is 5.71. The van der Waals surface area contributed by atoms with Crippen molar-refractivity contribution in [3.05, 3.63) is 24.2 Å². The fourth-order valence-corrected chi connectivity index (χ4v) is 5.97. The molecule has 5 heteroatoms. The summed E-state index contributed by atoms with van der Waals surface area (Å²) in [5.74, 6) is -1.40. The standard InChI is InChI=1S/C20H30O5/c1-13-11-15(21)16-18(2,17(22)23)7-4-8-19(16,3)20(13,24)9-5-14-6-10-25-12-14/h6,10,12-13,15-16,21,24H,4-5,7-9,11H2,1-3H3,(H,22,23)/t13-,15-,16+,18-,19-,20-/m0/s1. The maximum Gasteiger partial charge on any atom is 0.309 e. The molecule has 1 aromatic rings. The first-order valence-electron chi connectivity index (χ1n) is 9.30. The van der Waals surface area contributed by atoms with E-state index in [4.69, 9.17) is 4.42 Å². The molecule has 2 saturated carbocycles. The van der Waals surface area contributed by atoms with Crippen LogP contribution in [0.15, 0.2) is 23.0 Å². The van der Waals surface area contributed by atoms with Crippen molar-refractivity contribution in [3.63, 3.8) is 0 Å². The molecule has 25 heavy (non-hydrogen) atoms. The van der Waals surface area contributed by atoms with Crippen LogP contribution < -0.4 is 0 Å². The van der Waals surface area contributed by atoms with Gasteiger partial charge in [0, 0.05) is 11.3 Å². The highest BCUT2D eigenvalue weighted by molar-refractivity contribution is 5.75. The van der Waals surface area contributed by atoms with Crippen molar-refractivity contribution in [1.82, 2.24) is 0 Å². The lowest BCUT2D eigenvalue weighted by atomic mass is 9.43. The van der Waals surface area contributed by atoms with Crippen LogP contribution in [0.25, 0.3) is 0 Å². The monoisotopic (exact) mass is 350 g/mol. The molecule has 2 aliphatic rings. The largest absolute Gasteiger partial charge is 0.481 e. The van der Waals surface area contributed by atoms with Crippen LogP contribution in [0.4, 0.5) is 0 Å². The van der Waals surface area contributed by atoms with E-state index >= 15 is 0 Å². The third-order valence-corrected chi connectivity index (χ3v) is 7.41. The van der Waals surface area contributed by atoms with E-state index in [9.17, 15) is 20.1 Å². The van der Waals surface area contributed by atoms with Crippen molar-refractivity contribution in [1.29, 1.82) is 0 Å². The normalized spacial score (nSPS) is 44.3. The average Bonchev–Trinajstić information content (AvgIpc) is 3.04. The van der Waals surface area contributed by atoms with Crippen LogP contribution in [0.3, 0.4) is 0 Å². The minimum atomic E-state index is -1.01. The van der Waals surface area contributed by atoms with Crippen molar-refractivity contribution in [2.75, 3.05) is 0 Å². The molecule has 0 aromatic carbocycles. The first kappa shape index (κ1) is 18.5. The highest BCUT2D eigenvalue weighted by Gasteiger charge is 2.66. The fourth-order valence-electron chi connectivity index (χ4n) is 5.97. The molecule has 2 aliphatic carbocycles. The van der Waals surface area contributed by atoms with Crippen LogP contribution >= 0.6 is 0 Å². The third kappa shape index (κ3) is 2.63. The average molecular weight is 350 g/mol. The smallest absolute Gasteiger partial charge is 0.309 e. The Balaban J connectivity index is 1.98. The van der Waals surface area contributed by atoms with Gasteiger partial charge < -0.3 is 19.7 Å². The molecule has 0 aliphatic heterocycles. The highest BCUT2D eigenvalue weighted by atomic mass is 16.4. The number of carboxylic acid groups (broad SMARTS) is 1. The van der Waals surface area contributed by atoms with Gasteiger partial charge in [-0.3, -0.25) is 4.79 Å². The van der Waals surface area contributed by atoms with Crippen molar-refractivity contribution in [2.45, 2.75) is 71.0 Å². The SMILES string of the molecule is C[C@H]1C[C@H](O)[C@H]2[C@](C)(CCC[C@]2(C)C(=O)O)[C@]1(O)CCc1ccoc1. The molecule has 0 unspecified atom stereocenters. The Morgan fingerprint density at radius 1 is 1.36 bits per heavy atom. The van der Waals surface area contributed by atoms with Crippen molar-refractivity contribution in [3.8, 4) is 0 Å². The van der Waals surface area contributed by atoms with E-state index in [1.807, 2.05) is 19.9 Å². The number of hydrogen-bond acceptors (Lipinski definition) is 4. The lowest BCUT2D eigenvalue weighted by Gasteiger charge is -2.63. The molecular weight excluding hydrogens is 320 g/mol. The van der Waals surface area contributed by atoms with Gasteiger partial charge >= 0.3 is 5.97 Å². The number of hydrogen-bond donors (Lipinski definition) is 3. The lowest BCUT2D eigenvalue weighted by molar-refractivity contribution is -0.248. The zero-order chi connectivity index (χ0) is 18.5. The zero-order valence-electron chi connectivity index (χ0n) is 15.4. The van der Waals surface area contributed by atoms with Gasteiger partial charge in [0.05, 0.1) is 29.6 Å². The molecule has 0 saturated heterocycles. The minimum absolute atomic E-state index is 0.0909. The predicted octanol–water partition coefficient (Wildman–Crippen LogP) is 3.24. The van der Waals surface area contributed by atoms with Gasteiger partial charge in [0.15, 0.2) is 0 Å². The van der Waals surface area contributed by atoms with E-state index in [0.717, 1.165) is 18.4 Å². The Morgan fingerprint density at radius 3 is 2.68 bits per heavy atom. The Morgan fingerprint density at radius 2 is 2.08 bits per heavy atom. The zero-order valence-corrected chi connectivity index (χ0v) is 15.4. The summed E-state index contributed by atoms with van der Waals surface area (Å²) in [7, 11) is 0. The van der Waals surface area contributed by atoms with Crippen LogP contribution in [-0.2, 0) is 11.2 Å². The number of carboxylic acids is 1. The maximum atomic E-state index is 12.1. The quantitative estimate of drug-likeness (QED) is 0.775. The van der Waals surface area contributed by atoms with Gasteiger partial charge in [0.1, 0.15) is 0 Å². The van der Waals surface area contributed by atoms with Gasteiger partial charge in [-0.05, 0) is 56.6 Å². The lowest BCUT2D eigenvalue weighted by Crippen LogP contribution is -2.68. The van der Waals surface area contributed by atoms with Crippen molar-refractivity contribution >= 4 is 5.97 Å². The highest BCUT2D eigenvalue weighted by Crippen LogP contribution is 2.63. The van der Waals surface area contributed by atoms with Gasteiger partial charge in [0.25, 0.3) is 0 Å². The van der Waals surface area contributed by atoms with Crippen LogP contribution in [0.1, 0.15) is 58.4 Å². The summed E-state index contributed by atoms with van der Waals surface area (Å²) in [5.41, 5.74) is -1.61. The number of aliphatic hydroxyl groups is 2. The van der Waals surface area contributed by atoms with E-state index in [-0.39, 0.29) is 5.92 Å². The molecular formula is C20H30O5. The van der Waals surface area contributed by atoms with Crippen LogP contribution in [0.5, 0.6) is 0 Å². The van der Waals surface area contributed by atoms with E-state index in [0.29, 0.717) is 25.7 Å². The van der Waals surface area contributed by atoms with Crippen LogP contribution in [0.2, 0.25) is 0 Å². The molecule has 1 heterocycles. The molecule has 0 amide bonds. The summed E-state index contributed by atoms with van der Waals surface area (Å²) < 4.78 is 5.13. The van der Waals surface area contributed by atoms with Gasteiger partial charge in [-0.15, -0.1) is 0 Å². The van der Waals surface area contributed by atoms with E-state index < -0.39 is 34.4 Å². The van der Waals surface area contributed by atoms with E-state index in [1.54, 1.807) is 19.5 Å². The molecule has 5 nitrogen and oxygen atoms in total. The second-order valence-corrected chi connectivity index (χ2v) is 8.73. The molecule has 6 atom stereocenters. The molecule has 0 radical (unpaired) electrons. The number of aliphatic hydroxyl groups excluding tert-OH is 1. The third-order valence-electron chi connectivity index (χ3n) is 7.41. The number of fused-ring (bicyclic) bond motifs is 1. The van der Waals surface area contributed by atoms with Gasteiger partial charge in [0.2, 0.25) is 0 Å². The number of aliphatic carboxylic acids is 1. The molecule has 3 N–H and O–H groups in total. The molecule has 3 rings (SSSR count). The molecule has 1 aromatic heterocycles. The Kier molecular flexibility index (Phi) is 4.53. The summed E-state index contributed by atoms with van der Waals surface area (Å²) in [5, 5.41) is 32.5. The van der Waals surface area contributed by atoms with Gasteiger partial charge in [-0.2, -0.15) is 0 Å². The number of furan rings is 1. The second-order valence-electron chi connectivity index (χ2n) is 8.73. The Hall–Kier alpha value is -1.33. The summed E-state index contributed by atoms with van der Waals surface area (Å²) in [4.78, 5) is 12.1. The molecule has 2 fully saturated rings. The van der Waals surface area contributed by atoms with E-state index in [2.05, 4.69) is 0 Å². The Bertz CT molecular complexity index is 626. The summed E-state index contributed by atoms with van der Waals surface area (Å²) in [6, 6.07) is 1.90. The van der Waals surface area contributed by atoms with Crippen molar-refractivity contribution in [2.24, 2.45) is 22.7 Å². The van der Waals surface area contributed by atoms with Gasteiger partial charge in [-0.25, -0.2) is 0 Å². The second kappa shape index (κ2) is 6.13. The fraction of sp³-hybridized carbons (Fsp3) is 0.750. The number of carbonyl (C=O) groups is 1. The maximum absolute atomic E-state index is 12.1. The van der Waals surface area contributed by atoms with Crippen LogP contribution in [0, 0.1) is 22.7 Å². The van der Waals surface area contributed by atoms with Crippen molar-refractivity contribution < 1.29 is 24.5 Å². The summed E-state index contributed by atoms with van der Waals surface area (Å²) >= 11 is 0. The first-order valence-corrected chi connectivity index (χ1v) is 9.30. The first-order chi connectivity index (χ1) is 11.6. The topological polar surface area (TPSA) is 90.9 Å². The van der Waals surface area contributed by atoms with E-state index in [1.165, 1.54) is 0 Å². The predicted molar refractivity (Wildman–Crippen MR) is 93.0 cm³/mol. The number of rotatable bonds is 4.